The summed E-state index contributed by atoms with van der Waals surface area (Å²) < 4.78 is 0. The lowest BCUT2D eigenvalue weighted by molar-refractivity contribution is -0.124. The molecule has 2 unspecified atom stereocenters. The molecule has 1 aliphatic carbocycles. The normalized spacial score (nSPS) is 20.3. The van der Waals surface area contributed by atoms with E-state index in [0.29, 0.717) is 6.04 Å². The van der Waals surface area contributed by atoms with Crippen molar-refractivity contribution < 1.29 is 4.79 Å². The van der Waals surface area contributed by atoms with Crippen molar-refractivity contribution in [2.45, 2.75) is 71.0 Å². The van der Waals surface area contributed by atoms with Crippen molar-refractivity contribution in [1.29, 1.82) is 0 Å². The summed E-state index contributed by atoms with van der Waals surface area (Å²) in [6.07, 6.45) is 4.46. The summed E-state index contributed by atoms with van der Waals surface area (Å²) >= 11 is 1.84. The molecular weight excluding hydrogens is 268 g/mol. The minimum atomic E-state index is -0.156. The molecule has 0 saturated carbocycles. The second kappa shape index (κ2) is 6.27. The van der Waals surface area contributed by atoms with E-state index in [1.54, 1.807) is 0 Å². The Morgan fingerprint density at radius 2 is 2.30 bits per heavy atom. The van der Waals surface area contributed by atoms with Crippen LogP contribution >= 0.6 is 11.3 Å². The van der Waals surface area contributed by atoms with E-state index in [4.69, 9.17) is 0 Å². The van der Waals surface area contributed by atoms with Crippen molar-refractivity contribution in [3.05, 3.63) is 21.9 Å². The van der Waals surface area contributed by atoms with Crippen LogP contribution in [-0.2, 0) is 11.2 Å². The molecule has 0 spiro atoms. The first-order valence-electron chi connectivity index (χ1n) is 7.57. The maximum atomic E-state index is 12.3. The van der Waals surface area contributed by atoms with Crippen LogP contribution in [0.1, 0.15) is 63.4 Å². The molecule has 0 radical (unpaired) electrons. The summed E-state index contributed by atoms with van der Waals surface area (Å²) in [5, 5.41) is 8.78. The van der Waals surface area contributed by atoms with E-state index in [1.165, 1.54) is 23.3 Å². The zero-order chi connectivity index (χ0) is 14.8. The van der Waals surface area contributed by atoms with Crippen molar-refractivity contribution in [3.63, 3.8) is 0 Å². The molecule has 20 heavy (non-hydrogen) atoms. The van der Waals surface area contributed by atoms with E-state index in [0.717, 1.165) is 12.8 Å². The van der Waals surface area contributed by atoms with Crippen molar-refractivity contribution in [1.82, 2.24) is 10.6 Å². The molecule has 0 aromatic carbocycles. The molecule has 0 fully saturated rings. The molecule has 1 heterocycles. The van der Waals surface area contributed by atoms with E-state index < -0.39 is 0 Å². The van der Waals surface area contributed by atoms with Crippen molar-refractivity contribution in [2.75, 3.05) is 0 Å². The Morgan fingerprint density at radius 3 is 3.00 bits per heavy atom. The van der Waals surface area contributed by atoms with E-state index in [9.17, 15) is 4.79 Å². The quantitative estimate of drug-likeness (QED) is 0.874. The van der Waals surface area contributed by atoms with E-state index in [-0.39, 0.29) is 17.5 Å². The zero-order valence-electron chi connectivity index (χ0n) is 13.0. The molecule has 2 rings (SSSR count). The van der Waals surface area contributed by atoms with Crippen molar-refractivity contribution >= 4 is 17.2 Å². The summed E-state index contributed by atoms with van der Waals surface area (Å²) in [7, 11) is 0. The Hall–Kier alpha value is -0.870. The predicted molar refractivity (Wildman–Crippen MR) is 85.1 cm³/mol. The lowest BCUT2D eigenvalue weighted by atomic mass is 9.93. The summed E-state index contributed by atoms with van der Waals surface area (Å²) in [6, 6.07) is 2.38. The zero-order valence-corrected chi connectivity index (χ0v) is 13.8. The van der Waals surface area contributed by atoms with Gasteiger partial charge in [0.15, 0.2) is 0 Å². The fourth-order valence-electron chi connectivity index (χ4n) is 2.57. The van der Waals surface area contributed by atoms with Gasteiger partial charge >= 0.3 is 0 Å². The molecule has 1 aromatic heterocycles. The van der Waals surface area contributed by atoms with Gasteiger partial charge in [0.05, 0.1) is 6.04 Å². The van der Waals surface area contributed by atoms with Gasteiger partial charge in [0.1, 0.15) is 0 Å². The lowest BCUT2D eigenvalue weighted by Crippen LogP contribution is -2.51. The van der Waals surface area contributed by atoms with Gasteiger partial charge in [-0.2, -0.15) is 0 Å². The number of rotatable bonds is 5. The summed E-state index contributed by atoms with van der Waals surface area (Å²) in [6.45, 7) is 8.18. The highest BCUT2D eigenvalue weighted by Gasteiger charge is 2.26. The van der Waals surface area contributed by atoms with Gasteiger partial charge in [-0.05, 0) is 63.5 Å². The molecule has 0 saturated heterocycles. The van der Waals surface area contributed by atoms with E-state index in [2.05, 4.69) is 42.9 Å². The summed E-state index contributed by atoms with van der Waals surface area (Å²) in [4.78, 5) is 13.8. The third-order valence-electron chi connectivity index (χ3n) is 4.24. The van der Waals surface area contributed by atoms with Gasteiger partial charge in [-0.3, -0.25) is 10.1 Å². The number of amides is 1. The number of fused-ring (bicyclic) bond motifs is 1. The second-order valence-electron chi connectivity index (χ2n) is 6.36. The smallest absolute Gasteiger partial charge is 0.237 e. The van der Waals surface area contributed by atoms with Gasteiger partial charge in [0, 0.05) is 16.5 Å². The fraction of sp³-hybridized carbons (Fsp3) is 0.688. The highest BCUT2D eigenvalue weighted by atomic mass is 32.1. The molecule has 4 heteroatoms. The lowest BCUT2D eigenvalue weighted by Gasteiger charge is -2.30. The molecule has 0 aliphatic heterocycles. The van der Waals surface area contributed by atoms with Crippen LogP contribution in [0.15, 0.2) is 11.4 Å². The van der Waals surface area contributed by atoms with Crippen LogP contribution in [0.4, 0.5) is 0 Å². The van der Waals surface area contributed by atoms with Gasteiger partial charge in [0.25, 0.3) is 0 Å². The van der Waals surface area contributed by atoms with Gasteiger partial charge in [-0.15, -0.1) is 11.3 Å². The Bertz CT molecular complexity index is 467. The third kappa shape index (κ3) is 3.61. The van der Waals surface area contributed by atoms with Crippen LogP contribution < -0.4 is 10.6 Å². The van der Waals surface area contributed by atoms with Crippen molar-refractivity contribution in [3.8, 4) is 0 Å². The molecule has 3 nitrogen and oxygen atoms in total. The molecule has 2 N–H and O–H groups in total. The fourth-order valence-corrected chi connectivity index (χ4v) is 3.55. The second-order valence-corrected chi connectivity index (χ2v) is 7.36. The molecule has 1 aromatic rings. The molecule has 1 aliphatic rings. The Labute approximate surface area is 126 Å². The van der Waals surface area contributed by atoms with Crippen LogP contribution in [0.25, 0.3) is 0 Å². The number of thiophene rings is 1. The monoisotopic (exact) mass is 294 g/mol. The number of aryl methyl sites for hydroxylation is 1. The maximum absolute atomic E-state index is 12.3. The van der Waals surface area contributed by atoms with E-state index in [1.807, 2.05) is 18.3 Å². The predicted octanol–water partition coefficient (Wildman–Crippen LogP) is 3.41. The van der Waals surface area contributed by atoms with Gasteiger partial charge in [-0.1, -0.05) is 6.92 Å². The van der Waals surface area contributed by atoms with Crippen molar-refractivity contribution in [2.24, 2.45) is 0 Å². The largest absolute Gasteiger partial charge is 0.350 e. The van der Waals surface area contributed by atoms with Gasteiger partial charge < -0.3 is 5.32 Å². The Morgan fingerprint density at radius 1 is 1.55 bits per heavy atom. The minimum Gasteiger partial charge on any atom is -0.350 e. The highest BCUT2D eigenvalue weighted by Crippen LogP contribution is 2.33. The SMILES string of the molecule is CCC(C)(C)NC(=O)C(C)NC1CCCc2sccc21. The standard InChI is InChI=1S/C16H26N2OS/c1-5-16(3,4)18-15(19)11(2)17-13-7-6-8-14-12(13)9-10-20-14/h9-11,13,17H,5-8H2,1-4H3,(H,18,19). The molecule has 0 bridgehead atoms. The van der Waals surface area contributed by atoms with Crippen LogP contribution in [0.3, 0.4) is 0 Å². The summed E-state index contributed by atoms with van der Waals surface area (Å²) in [5.74, 6) is 0.0965. The third-order valence-corrected chi connectivity index (χ3v) is 5.24. The first-order valence-corrected chi connectivity index (χ1v) is 8.45. The minimum absolute atomic E-state index is 0.0965. The maximum Gasteiger partial charge on any atom is 0.237 e. The van der Waals surface area contributed by atoms with Crippen LogP contribution in [-0.4, -0.2) is 17.5 Å². The average molecular weight is 294 g/mol. The van der Waals surface area contributed by atoms with E-state index >= 15 is 0 Å². The average Bonchev–Trinajstić information content (AvgIpc) is 2.87. The first kappa shape index (κ1) is 15.5. The molecule has 2 atom stereocenters. The number of hydrogen-bond acceptors (Lipinski definition) is 3. The number of hydrogen-bond donors (Lipinski definition) is 2. The Balaban J connectivity index is 1.96. The first-order chi connectivity index (χ1) is 9.43. The number of nitrogens with one attached hydrogen (secondary N) is 2. The van der Waals surface area contributed by atoms with Crippen LogP contribution in [0.5, 0.6) is 0 Å². The molecular formula is C16H26N2OS. The van der Waals surface area contributed by atoms with Crippen LogP contribution in [0, 0.1) is 0 Å². The number of carbonyl (C=O) groups is 1. The topological polar surface area (TPSA) is 41.1 Å². The molecule has 1 amide bonds. The highest BCUT2D eigenvalue weighted by molar-refractivity contribution is 7.10. The summed E-state index contributed by atoms with van der Waals surface area (Å²) in [5.41, 5.74) is 1.27. The van der Waals surface area contributed by atoms with Gasteiger partial charge in [0.2, 0.25) is 5.91 Å². The molecule has 112 valence electrons. The Kier molecular flexibility index (Phi) is 4.86. The van der Waals surface area contributed by atoms with Gasteiger partial charge in [-0.25, -0.2) is 0 Å². The number of carbonyl (C=O) groups excluding carboxylic acids is 1. The van der Waals surface area contributed by atoms with Crippen LogP contribution in [0.2, 0.25) is 0 Å².